The first-order chi connectivity index (χ1) is 17.6. The average molecular weight is 482 g/mol. The van der Waals surface area contributed by atoms with Crippen molar-refractivity contribution in [3.8, 4) is 22.6 Å². The summed E-state index contributed by atoms with van der Waals surface area (Å²) in [5.74, 6) is 0.627. The van der Waals surface area contributed by atoms with Crippen LogP contribution in [0.1, 0.15) is 21.6 Å². The number of ketones is 1. The molecule has 0 N–H and O–H groups in total. The van der Waals surface area contributed by atoms with E-state index < -0.39 is 11.7 Å². The molecule has 0 aliphatic carbocycles. The van der Waals surface area contributed by atoms with Gasteiger partial charge in [0.25, 0.3) is 11.7 Å². The lowest BCUT2D eigenvalue weighted by Gasteiger charge is -2.34. The van der Waals surface area contributed by atoms with Crippen LogP contribution in [-0.4, -0.2) is 58.9 Å². The zero-order valence-corrected chi connectivity index (χ0v) is 20.1. The predicted molar refractivity (Wildman–Crippen MR) is 136 cm³/mol. The van der Waals surface area contributed by atoms with Gasteiger partial charge in [-0.1, -0.05) is 42.0 Å². The number of rotatable bonds is 5. The number of benzene rings is 2. The molecule has 2 aromatic carbocycles. The van der Waals surface area contributed by atoms with E-state index in [2.05, 4.69) is 4.90 Å². The van der Waals surface area contributed by atoms with Gasteiger partial charge in [0.1, 0.15) is 5.69 Å². The van der Waals surface area contributed by atoms with E-state index in [0.29, 0.717) is 31.9 Å². The van der Waals surface area contributed by atoms with Crippen molar-refractivity contribution in [2.24, 2.45) is 0 Å². The highest BCUT2D eigenvalue weighted by Gasteiger charge is 2.31. The van der Waals surface area contributed by atoms with E-state index in [9.17, 15) is 9.59 Å². The number of piperazine rings is 1. The summed E-state index contributed by atoms with van der Waals surface area (Å²) in [5.41, 5.74) is 5.29. The molecule has 4 aromatic rings. The summed E-state index contributed by atoms with van der Waals surface area (Å²) < 4.78 is 12.7. The molecule has 6 rings (SSSR count). The Labute approximate surface area is 209 Å². The fourth-order valence-corrected chi connectivity index (χ4v) is 4.96. The van der Waals surface area contributed by atoms with Crippen LogP contribution >= 0.6 is 0 Å². The number of Topliss-reactive ketones (excluding diaryl/α,β-unsaturated/α-hetero) is 1. The summed E-state index contributed by atoms with van der Waals surface area (Å²) in [5, 5.41) is 0. The standard InChI is InChI=1S/C29H27N3O4/c1-20-5-8-22(9-6-20)24-17-23-4-2-3-11-32(23)27(24)28(33)29(34)31-14-12-30(13-15-31)18-21-7-10-25-26(16-21)36-19-35-25/h2-11,16-17H,12-15,18-19H2,1H3. The van der Waals surface area contributed by atoms with Gasteiger partial charge in [-0.25, -0.2) is 0 Å². The van der Waals surface area contributed by atoms with Gasteiger partial charge in [-0.05, 0) is 48.4 Å². The quantitative estimate of drug-likeness (QED) is 0.316. The van der Waals surface area contributed by atoms with E-state index in [0.717, 1.165) is 45.8 Å². The molecule has 7 nitrogen and oxygen atoms in total. The third-order valence-electron chi connectivity index (χ3n) is 6.95. The Morgan fingerprint density at radius 2 is 1.64 bits per heavy atom. The first-order valence-electron chi connectivity index (χ1n) is 12.2. The number of ether oxygens (including phenoxy) is 2. The number of hydrogen-bond acceptors (Lipinski definition) is 5. The van der Waals surface area contributed by atoms with Gasteiger partial charge in [0.15, 0.2) is 11.5 Å². The molecular weight excluding hydrogens is 454 g/mol. The molecule has 36 heavy (non-hydrogen) atoms. The predicted octanol–water partition coefficient (Wildman–Crippen LogP) is 4.17. The number of aryl methyl sites for hydroxylation is 1. The normalized spacial score (nSPS) is 15.4. The van der Waals surface area contributed by atoms with Crippen molar-refractivity contribution in [1.29, 1.82) is 0 Å². The van der Waals surface area contributed by atoms with E-state index >= 15 is 0 Å². The number of nitrogens with zero attached hydrogens (tertiary/aromatic N) is 3. The SMILES string of the molecule is Cc1ccc(-c2cc3ccccn3c2C(=O)C(=O)N2CCN(Cc3ccc4c(c3)OCO4)CC2)cc1. The monoisotopic (exact) mass is 481 g/mol. The molecule has 1 saturated heterocycles. The Morgan fingerprint density at radius 1 is 0.861 bits per heavy atom. The smallest absolute Gasteiger partial charge is 0.296 e. The first-order valence-corrected chi connectivity index (χ1v) is 12.2. The van der Waals surface area contributed by atoms with Crippen LogP contribution in [0.15, 0.2) is 72.9 Å². The molecule has 4 heterocycles. The van der Waals surface area contributed by atoms with Crippen LogP contribution in [0, 0.1) is 6.92 Å². The fourth-order valence-electron chi connectivity index (χ4n) is 4.96. The number of pyridine rings is 1. The van der Waals surface area contributed by atoms with Crippen LogP contribution < -0.4 is 9.47 Å². The highest BCUT2D eigenvalue weighted by atomic mass is 16.7. The van der Waals surface area contributed by atoms with Crippen LogP contribution in [0.3, 0.4) is 0 Å². The minimum Gasteiger partial charge on any atom is -0.454 e. The van der Waals surface area contributed by atoms with E-state index in [1.54, 1.807) is 4.90 Å². The highest BCUT2D eigenvalue weighted by molar-refractivity contribution is 6.43. The Morgan fingerprint density at radius 3 is 2.44 bits per heavy atom. The van der Waals surface area contributed by atoms with Crippen molar-refractivity contribution in [3.05, 3.63) is 89.7 Å². The lowest BCUT2D eigenvalue weighted by Crippen LogP contribution is -2.50. The van der Waals surface area contributed by atoms with Gasteiger partial charge in [-0.2, -0.15) is 0 Å². The number of carbonyl (C=O) groups is 2. The van der Waals surface area contributed by atoms with Gasteiger partial charge >= 0.3 is 0 Å². The lowest BCUT2D eigenvalue weighted by atomic mass is 10.0. The van der Waals surface area contributed by atoms with E-state index in [1.807, 2.05) is 84.3 Å². The molecule has 2 aliphatic heterocycles. The molecule has 0 bridgehead atoms. The second-order valence-electron chi connectivity index (χ2n) is 9.35. The van der Waals surface area contributed by atoms with Crippen molar-refractivity contribution >= 4 is 17.2 Å². The first kappa shape index (κ1) is 22.4. The van der Waals surface area contributed by atoms with Crippen LogP contribution in [0.2, 0.25) is 0 Å². The van der Waals surface area contributed by atoms with Crippen LogP contribution in [0.25, 0.3) is 16.6 Å². The van der Waals surface area contributed by atoms with Crippen molar-refractivity contribution in [1.82, 2.24) is 14.2 Å². The van der Waals surface area contributed by atoms with E-state index in [-0.39, 0.29) is 6.79 Å². The molecule has 0 radical (unpaired) electrons. The van der Waals surface area contributed by atoms with E-state index in [4.69, 9.17) is 9.47 Å². The molecule has 0 saturated carbocycles. The molecule has 0 spiro atoms. The zero-order valence-electron chi connectivity index (χ0n) is 20.1. The summed E-state index contributed by atoms with van der Waals surface area (Å²) in [6, 6.07) is 21.8. The lowest BCUT2D eigenvalue weighted by molar-refractivity contribution is -0.128. The maximum absolute atomic E-state index is 13.6. The molecule has 182 valence electrons. The average Bonchev–Trinajstić information content (AvgIpc) is 3.53. The molecule has 2 aromatic heterocycles. The highest BCUT2D eigenvalue weighted by Crippen LogP contribution is 2.33. The zero-order chi connectivity index (χ0) is 24.6. The summed E-state index contributed by atoms with van der Waals surface area (Å²) in [7, 11) is 0. The van der Waals surface area contributed by atoms with Gasteiger partial charge in [-0.15, -0.1) is 0 Å². The number of amides is 1. The van der Waals surface area contributed by atoms with Gasteiger partial charge < -0.3 is 18.8 Å². The van der Waals surface area contributed by atoms with Crippen LogP contribution in [0.5, 0.6) is 11.5 Å². The topological polar surface area (TPSA) is 63.5 Å². The number of fused-ring (bicyclic) bond motifs is 2. The van der Waals surface area contributed by atoms with Gasteiger partial charge in [0.05, 0.1) is 0 Å². The second kappa shape index (κ2) is 9.17. The maximum atomic E-state index is 13.6. The summed E-state index contributed by atoms with van der Waals surface area (Å²) in [4.78, 5) is 31.0. The van der Waals surface area contributed by atoms with Crippen molar-refractivity contribution in [2.75, 3.05) is 33.0 Å². The number of carbonyl (C=O) groups excluding carboxylic acids is 2. The van der Waals surface area contributed by atoms with Gasteiger partial charge in [0.2, 0.25) is 6.79 Å². The Bertz CT molecular complexity index is 1450. The minimum absolute atomic E-state index is 0.260. The summed E-state index contributed by atoms with van der Waals surface area (Å²) >= 11 is 0. The van der Waals surface area contributed by atoms with Crippen molar-refractivity contribution < 1.29 is 19.1 Å². The molecular formula is C29H27N3O4. The van der Waals surface area contributed by atoms with Crippen molar-refractivity contribution in [3.63, 3.8) is 0 Å². The number of hydrogen-bond donors (Lipinski definition) is 0. The minimum atomic E-state index is -0.471. The number of aromatic nitrogens is 1. The van der Waals surface area contributed by atoms with E-state index in [1.165, 1.54) is 0 Å². The van der Waals surface area contributed by atoms with Gasteiger partial charge in [-0.3, -0.25) is 14.5 Å². The third-order valence-corrected chi connectivity index (χ3v) is 6.95. The Hall–Kier alpha value is -4.10. The second-order valence-corrected chi connectivity index (χ2v) is 9.35. The maximum Gasteiger partial charge on any atom is 0.296 e. The molecule has 0 unspecified atom stereocenters. The summed E-state index contributed by atoms with van der Waals surface area (Å²) in [6.45, 7) is 5.47. The van der Waals surface area contributed by atoms with Crippen LogP contribution in [0.4, 0.5) is 0 Å². The Balaban J connectivity index is 1.19. The molecule has 2 aliphatic rings. The molecule has 1 fully saturated rings. The molecule has 1 amide bonds. The third kappa shape index (κ3) is 4.12. The molecule has 7 heteroatoms. The molecule has 0 atom stereocenters. The van der Waals surface area contributed by atoms with Crippen LogP contribution in [-0.2, 0) is 11.3 Å². The fraction of sp³-hybridized carbons (Fsp3) is 0.241. The van der Waals surface area contributed by atoms with Crippen molar-refractivity contribution in [2.45, 2.75) is 13.5 Å². The summed E-state index contributed by atoms with van der Waals surface area (Å²) in [6.07, 6.45) is 1.84. The van der Waals surface area contributed by atoms with Gasteiger partial charge in [0, 0.05) is 50.0 Å². The Kier molecular flexibility index (Phi) is 5.70. The largest absolute Gasteiger partial charge is 0.454 e.